The Bertz CT molecular complexity index is 202. The van der Waals surface area contributed by atoms with E-state index in [2.05, 4.69) is 29.6 Å². The quantitative estimate of drug-likeness (QED) is 0.234. The summed E-state index contributed by atoms with van der Waals surface area (Å²) >= 11 is 8.05. The van der Waals surface area contributed by atoms with Crippen molar-refractivity contribution in [2.75, 3.05) is 13.2 Å². The van der Waals surface area contributed by atoms with Gasteiger partial charge in [-0.3, -0.25) is 0 Å². The monoisotopic (exact) mass is 258 g/mol. The number of hydrogen-bond donors (Lipinski definition) is 6. The number of rotatable bonds is 6. The second-order valence-electron chi connectivity index (χ2n) is 2.88. The van der Waals surface area contributed by atoms with Gasteiger partial charge in [0.25, 0.3) is 0 Å². The van der Waals surface area contributed by atoms with Crippen LogP contribution in [0.5, 0.6) is 0 Å². The largest absolute Gasteiger partial charge is 0.476 e. The maximum atomic E-state index is 9.28. The molecule has 0 rings (SSSR count). The van der Waals surface area contributed by atoms with Crippen LogP contribution in [0.15, 0.2) is 0 Å². The normalized spacial score (nSPS) is 19.1. The highest BCUT2D eigenvalue weighted by molar-refractivity contribution is 8.10. The SMILES string of the molecule is OCC(O)C(O)C(O)C(O)COC(=S)S. The van der Waals surface area contributed by atoms with E-state index < -0.39 is 31.0 Å². The number of aliphatic hydroxyl groups is 5. The first-order valence-electron chi connectivity index (χ1n) is 4.09. The Morgan fingerprint density at radius 1 is 1.13 bits per heavy atom. The summed E-state index contributed by atoms with van der Waals surface area (Å²) in [6.07, 6.45) is -6.28. The summed E-state index contributed by atoms with van der Waals surface area (Å²) in [4.78, 5) is 0. The Labute approximate surface area is 97.5 Å². The Balaban J connectivity index is 4.06. The van der Waals surface area contributed by atoms with Crippen LogP contribution in [-0.4, -0.2) is 67.5 Å². The lowest BCUT2D eigenvalue weighted by molar-refractivity contribution is -0.122. The minimum absolute atomic E-state index is 0.113. The van der Waals surface area contributed by atoms with Crippen molar-refractivity contribution in [2.45, 2.75) is 24.4 Å². The van der Waals surface area contributed by atoms with Crippen LogP contribution in [0.4, 0.5) is 0 Å². The molecule has 0 aliphatic carbocycles. The maximum absolute atomic E-state index is 9.28. The molecule has 0 spiro atoms. The smallest absolute Gasteiger partial charge is 0.216 e. The lowest BCUT2D eigenvalue weighted by Crippen LogP contribution is -2.47. The number of hydrogen-bond acceptors (Lipinski definition) is 7. The molecule has 0 fully saturated rings. The Morgan fingerprint density at radius 3 is 2.00 bits per heavy atom. The molecule has 8 heteroatoms. The molecule has 0 aromatic carbocycles. The molecule has 4 unspecified atom stereocenters. The molecule has 0 aromatic heterocycles. The highest BCUT2D eigenvalue weighted by atomic mass is 32.1. The first-order valence-corrected chi connectivity index (χ1v) is 4.94. The molecule has 0 aliphatic heterocycles. The van der Waals surface area contributed by atoms with Gasteiger partial charge in [0.15, 0.2) is 0 Å². The molecule has 0 saturated heterocycles. The molecule has 0 amide bonds. The number of aliphatic hydroxyl groups excluding tert-OH is 5. The standard InChI is InChI=1S/C7H14O6S2/c8-1-3(9)5(11)6(12)4(10)2-13-7(14)15/h3-6,8-12H,1-2H2,(H,14,15). The number of thiocarbonyl (C=S) groups is 1. The fourth-order valence-corrected chi connectivity index (χ4v) is 0.961. The fraction of sp³-hybridized carbons (Fsp3) is 0.857. The van der Waals surface area contributed by atoms with Crippen LogP contribution in [-0.2, 0) is 4.74 Å². The van der Waals surface area contributed by atoms with Gasteiger partial charge in [0, 0.05) is 0 Å². The van der Waals surface area contributed by atoms with Crippen molar-refractivity contribution in [2.24, 2.45) is 0 Å². The van der Waals surface area contributed by atoms with Crippen molar-refractivity contribution in [1.82, 2.24) is 0 Å². The minimum Gasteiger partial charge on any atom is -0.476 e. The Hall–Kier alpha value is 0.0400. The molecule has 15 heavy (non-hydrogen) atoms. The first kappa shape index (κ1) is 15.0. The van der Waals surface area contributed by atoms with Crippen molar-refractivity contribution in [3.05, 3.63) is 0 Å². The molecule has 90 valence electrons. The van der Waals surface area contributed by atoms with Crippen LogP contribution in [0.25, 0.3) is 0 Å². The van der Waals surface area contributed by atoms with E-state index in [0.717, 1.165) is 0 Å². The third-order valence-electron chi connectivity index (χ3n) is 1.70. The van der Waals surface area contributed by atoms with Gasteiger partial charge in [-0.2, -0.15) is 0 Å². The fourth-order valence-electron chi connectivity index (χ4n) is 0.818. The lowest BCUT2D eigenvalue weighted by Gasteiger charge is -2.25. The number of ether oxygens (including phenoxy) is 1. The van der Waals surface area contributed by atoms with E-state index in [-0.39, 0.29) is 11.0 Å². The van der Waals surface area contributed by atoms with Crippen molar-refractivity contribution in [3.63, 3.8) is 0 Å². The van der Waals surface area contributed by atoms with E-state index in [1.807, 2.05) is 0 Å². The maximum Gasteiger partial charge on any atom is 0.216 e. The van der Waals surface area contributed by atoms with E-state index in [4.69, 9.17) is 10.2 Å². The van der Waals surface area contributed by atoms with Gasteiger partial charge in [0.2, 0.25) is 4.38 Å². The van der Waals surface area contributed by atoms with Gasteiger partial charge in [-0.25, -0.2) is 0 Å². The van der Waals surface area contributed by atoms with Crippen molar-refractivity contribution in [1.29, 1.82) is 0 Å². The molecular formula is C7H14O6S2. The van der Waals surface area contributed by atoms with E-state index >= 15 is 0 Å². The summed E-state index contributed by atoms with van der Waals surface area (Å²) < 4.78 is 4.51. The van der Waals surface area contributed by atoms with Gasteiger partial charge in [-0.05, 0) is 12.2 Å². The molecule has 4 atom stereocenters. The van der Waals surface area contributed by atoms with Crippen LogP contribution in [0.3, 0.4) is 0 Å². The average Bonchev–Trinajstić information content (AvgIpc) is 2.22. The summed E-state index contributed by atoms with van der Waals surface area (Å²) in [5.41, 5.74) is 0. The van der Waals surface area contributed by atoms with E-state index in [9.17, 15) is 15.3 Å². The molecule has 0 radical (unpaired) electrons. The second-order valence-corrected chi connectivity index (χ2v) is 3.95. The molecule has 0 bridgehead atoms. The van der Waals surface area contributed by atoms with Crippen molar-refractivity contribution < 1.29 is 30.3 Å². The van der Waals surface area contributed by atoms with Crippen LogP contribution >= 0.6 is 24.8 Å². The number of thiol groups is 1. The summed E-state index contributed by atoms with van der Waals surface area (Å²) in [7, 11) is 0. The first-order chi connectivity index (χ1) is 6.90. The predicted molar refractivity (Wildman–Crippen MR) is 58.6 cm³/mol. The van der Waals surface area contributed by atoms with Gasteiger partial charge in [0.1, 0.15) is 31.0 Å². The minimum atomic E-state index is -1.66. The molecule has 6 nitrogen and oxygen atoms in total. The topological polar surface area (TPSA) is 110 Å². The zero-order valence-corrected chi connectivity index (χ0v) is 9.43. The Morgan fingerprint density at radius 2 is 1.60 bits per heavy atom. The summed E-state index contributed by atoms with van der Waals surface area (Å²) in [5.74, 6) is 0. The van der Waals surface area contributed by atoms with Gasteiger partial charge < -0.3 is 30.3 Å². The predicted octanol–water partition coefficient (Wildman–Crippen LogP) is -2.35. The van der Waals surface area contributed by atoms with Crippen LogP contribution in [0.1, 0.15) is 0 Å². The molecule has 0 aliphatic rings. The zero-order chi connectivity index (χ0) is 12.0. The van der Waals surface area contributed by atoms with Crippen LogP contribution in [0.2, 0.25) is 0 Å². The van der Waals surface area contributed by atoms with Gasteiger partial charge in [-0.15, -0.1) is 0 Å². The van der Waals surface area contributed by atoms with E-state index in [1.165, 1.54) is 0 Å². The van der Waals surface area contributed by atoms with Crippen molar-refractivity contribution in [3.8, 4) is 0 Å². The zero-order valence-electron chi connectivity index (χ0n) is 7.72. The molecule has 5 N–H and O–H groups in total. The van der Waals surface area contributed by atoms with Gasteiger partial charge in [0.05, 0.1) is 6.61 Å². The van der Waals surface area contributed by atoms with E-state index in [1.54, 1.807) is 0 Å². The molecular weight excluding hydrogens is 244 g/mol. The third kappa shape index (κ3) is 5.61. The van der Waals surface area contributed by atoms with Crippen LogP contribution in [0, 0.1) is 0 Å². The molecule has 0 heterocycles. The lowest BCUT2D eigenvalue weighted by atomic mass is 10.0. The highest BCUT2D eigenvalue weighted by Crippen LogP contribution is 2.06. The van der Waals surface area contributed by atoms with Crippen molar-refractivity contribution >= 4 is 29.2 Å². The highest BCUT2D eigenvalue weighted by Gasteiger charge is 2.30. The third-order valence-corrected chi connectivity index (χ3v) is 1.95. The summed E-state index contributed by atoms with van der Waals surface area (Å²) in [6, 6.07) is 0. The molecule has 0 aromatic rings. The summed E-state index contributed by atoms with van der Waals surface area (Å²) in [6.45, 7) is -1.09. The summed E-state index contributed by atoms with van der Waals surface area (Å²) in [5, 5.41) is 45.2. The second kappa shape index (κ2) is 7.34. The van der Waals surface area contributed by atoms with E-state index in [0.29, 0.717) is 0 Å². The Kier molecular flexibility index (Phi) is 7.36. The van der Waals surface area contributed by atoms with Gasteiger partial charge >= 0.3 is 0 Å². The molecule has 0 saturated carbocycles. The van der Waals surface area contributed by atoms with Crippen LogP contribution < -0.4 is 0 Å². The van der Waals surface area contributed by atoms with Gasteiger partial charge in [-0.1, -0.05) is 12.6 Å². The average molecular weight is 258 g/mol.